The Kier molecular flexibility index (Phi) is 6.12. The number of hydrogen-bond acceptors (Lipinski definition) is 3. The second-order valence-electron chi connectivity index (χ2n) is 5.30. The molecule has 0 atom stereocenters. The fraction of sp³-hybridized carbons (Fsp3) is 0.294. The van der Waals surface area contributed by atoms with Crippen molar-refractivity contribution in [2.45, 2.75) is 19.1 Å². The Bertz CT molecular complexity index is 730. The number of rotatable bonds is 8. The summed E-state index contributed by atoms with van der Waals surface area (Å²) in [6.07, 6.45) is 0.566. The van der Waals surface area contributed by atoms with Crippen LogP contribution in [-0.2, 0) is 15.8 Å². The Labute approximate surface area is 136 Å². The van der Waals surface area contributed by atoms with Crippen molar-refractivity contribution in [1.82, 2.24) is 4.72 Å². The molecule has 0 aliphatic rings. The standard InChI is InChI=1S/C17H20FNO3S/c1-14-4-2-5-17(12-14)22-11-3-10-19-23(20,21)13-15-6-8-16(18)9-7-15/h2,4-9,12,19H,3,10-11,13H2,1H3. The predicted octanol–water partition coefficient (Wildman–Crippen LogP) is 3.02. The maximum Gasteiger partial charge on any atom is 0.215 e. The van der Waals surface area contributed by atoms with Crippen molar-refractivity contribution in [2.75, 3.05) is 13.2 Å². The lowest BCUT2D eigenvalue weighted by Gasteiger charge is -2.09. The number of benzene rings is 2. The van der Waals surface area contributed by atoms with E-state index < -0.39 is 10.0 Å². The third kappa shape index (κ3) is 6.38. The quantitative estimate of drug-likeness (QED) is 0.753. The van der Waals surface area contributed by atoms with E-state index in [4.69, 9.17) is 4.74 Å². The van der Waals surface area contributed by atoms with Gasteiger partial charge < -0.3 is 4.74 Å². The minimum Gasteiger partial charge on any atom is -0.494 e. The summed E-state index contributed by atoms with van der Waals surface area (Å²) in [5.74, 6) is 0.234. The summed E-state index contributed by atoms with van der Waals surface area (Å²) in [5, 5.41) is 0. The van der Waals surface area contributed by atoms with Gasteiger partial charge in [0.25, 0.3) is 0 Å². The van der Waals surface area contributed by atoms with Gasteiger partial charge in [0.1, 0.15) is 11.6 Å². The molecule has 0 aromatic heterocycles. The van der Waals surface area contributed by atoms with Crippen LogP contribution < -0.4 is 9.46 Å². The molecule has 0 bridgehead atoms. The lowest BCUT2D eigenvalue weighted by atomic mass is 10.2. The molecule has 124 valence electrons. The van der Waals surface area contributed by atoms with Gasteiger partial charge in [-0.25, -0.2) is 17.5 Å². The molecular formula is C17H20FNO3S. The average molecular weight is 337 g/mol. The third-order valence-corrected chi connectivity index (χ3v) is 4.53. The number of halogens is 1. The van der Waals surface area contributed by atoms with Gasteiger partial charge in [0.2, 0.25) is 10.0 Å². The summed E-state index contributed by atoms with van der Waals surface area (Å²) >= 11 is 0. The van der Waals surface area contributed by atoms with E-state index in [1.165, 1.54) is 24.3 Å². The highest BCUT2D eigenvalue weighted by Crippen LogP contribution is 2.12. The summed E-state index contributed by atoms with van der Waals surface area (Å²) in [4.78, 5) is 0. The van der Waals surface area contributed by atoms with Crippen LogP contribution in [-0.4, -0.2) is 21.6 Å². The highest BCUT2D eigenvalue weighted by Gasteiger charge is 2.10. The molecule has 0 spiro atoms. The van der Waals surface area contributed by atoms with Crippen LogP contribution in [0, 0.1) is 12.7 Å². The van der Waals surface area contributed by atoms with E-state index in [1.54, 1.807) is 0 Å². The zero-order chi connectivity index (χ0) is 16.7. The molecule has 2 aromatic carbocycles. The van der Waals surface area contributed by atoms with Crippen molar-refractivity contribution in [3.8, 4) is 5.75 Å². The Morgan fingerprint density at radius 2 is 1.87 bits per heavy atom. The molecule has 0 aliphatic heterocycles. The van der Waals surface area contributed by atoms with Crippen LogP contribution in [0.25, 0.3) is 0 Å². The lowest BCUT2D eigenvalue weighted by molar-refractivity contribution is 0.311. The maximum atomic E-state index is 12.8. The van der Waals surface area contributed by atoms with Gasteiger partial charge in [0, 0.05) is 6.54 Å². The first-order valence-electron chi connectivity index (χ1n) is 7.36. The predicted molar refractivity (Wildman–Crippen MR) is 88.3 cm³/mol. The minimum atomic E-state index is -3.43. The summed E-state index contributed by atoms with van der Waals surface area (Å²) < 4.78 is 44.7. The fourth-order valence-corrected chi connectivity index (χ4v) is 3.23. The van der Waals surface area contributed by atoms with Gasteiger partial charge >= 0.3 is 0 Å². The second kappa shape index (κ2) is 8.08. The Balaban J connectivity index is 1.71. The van der Waals surface area contributed by atoms with E-state index in [2.05, 4.69) is 4.72 Å². The number of ether oxygens (including phenoxy) is 1. The van der Waals surface area contributed by atoms with Crippen LogP contribution in [0.3, 0.4) is 0 Å². The highest BCUT2D eigenvalue weighted by molar-refractivity contribution is 7.88. The van der Waals surface area contributed by atoms with Crippen LogP contribution in [0.1, 0.15) is 17.5 Å². The Morgan fingerprint density at radius 3 is 2.57 bits per heavy atom. The van der Waals surface area contributed by atoms with E-state index >= 15 is 0 Å². The Hall–Kier alpha value is -1.92. The van der Waals surface area contributed by atoms with E-state index in [-0.39, 0.29) is 11.6 Å². The first-order valence-corrected chi connectivity index (χ1v) is 9.01. The zero-order valence-corrected chi connectivity index (χ0v) is 13.8. The molecule has 0 aliphatic carbocycles. The van der Waals surface area contributed by atoms with Gasteiger partial charge in [-0.1, -0.05) is 24.3 Å². The van der Waals surface area contributed by atoms with E-state index in [0.29, 0.717) is 25.1 Å². The zero-order valence-electron chi connectivity index (χ0n) is 13.0. The van der Waals surface area contributed by atoms with Gasteiger partial charge in [-0.05, 0) is 48.7 Å². The first kappa shape index (κ1) is 17.4. The van der Waals surface area contributed by atoms with Crippen molar-refractivity contribution in [1.29, 1.82) is 0 Å². The third-order valence-electron chi connectivity index (χ3n) is 3.17. The van der Waals surface area contributed by atoms with Gasteiger partial charge in [-0.3, -0.25) is 0 Å². The van der Waals surface area contributed by atoms with E-state index in [0.717, 1.165) is 11.3 Å². The minimum absolute atomic E-state index is 0.161. The molecule has 2 aromatic rings. The number of sulfonamides is 1. The molecule has 0 amide bonds. The topological polar surface area (TPSA) is 55.4 Å². The monoisotopic (exact) mass is 337 g/mol. The van der Waals surface area contributed by atoms with Crippen LogP contribution in [0.15, 0.2) is 48.5 Å². The van der Waals surface area contributed by atoms with Crippen LogP contribution in [0.2, 0.25) is 0 Å². The van der Waals surface area contributed by atoms with Crippen molar-refractivity contribution in [2.24, 2.45) is 0 Å². The maximum absolute atomic E-state index is 12.8. The molecule has 2 rings (SSSR count). The smallest absolute Gasteiger partial charge is 0.215 e. The molecule has 1 N–H and O–H groups in total. The number of hydrogen-bond donors (Lipinski definition) is 1. The van der Waals surface area contributed by atoms with Gasteiger partial charge in [-0.2, -0.15) is 0 Å². The first-order chi connectivity index (χ1) is 10.9. The largest absolute Gasteiger partial charge is 0.494 e. The summed E-state index contributed by atoms with van der Waals surface area (Å²) in [6, 6.07) is 13.1. The fourth-order valence-electron chi connectivity index (χ4n) is 2.05. The number of aryl methyl sites for hydroxylation is 1. The molecule has 4 nitrogen and oxygen atoms in total. The number of nitrogens with one attached hydrogen (secondary N) is 1. The molecule has 0 saturated heterocycles. The normalized spacial score (nSPS) is 11.4. The van der Waals surface area contributed by atoms with Crippen LogP contribution >= 0.6 is 0 Å². The van der Waals surface area contributed by atoms with Crippen LogP contribution in [0.5, 0.6) is 5.75 Å². The van der Waals surface area contributed by atoms with E-state index in [1.807, 2.05) is 31.2 Å². The van der Waals surface area contributed by atoms with Gasteiger partial charge in [0.05, 0.1) is 12.4 Å². The van der Waals surface area contributed by atoms with Crippen molar-refractivity contribution in [3.05, 3.63) is 65.5 Å². The molecule has 0 radical (unpaired) electrons. The molecule has 0 saturated carbocycles. The summed E-state index contributed by atoms with van der Waals surface area (Å²) in [7, 11) is -3.43. The molecule has 0 heterocycles. The molecule has 0 fully saturated rings. The van der Waals surface area contributed by atoms with Gasteiger partial charge in [-0.15, -0.1) is 0 Å². The van der Waals surface area contributed by atoms with Gasteiger partial charge in [0.15, 0.2) is 0 Å². The lowest BCUT2D eigenvalue weighted by Crippen LogP contribution is -2.27. The SMILES string of the molecule is Cc1cccc(OCCCNS(=O)(=O)Cc2ccc(F)cc2)c1. The Morgan fingerprint density at radius 1 is 1.13 bits per heavy atom. The van der Waals surface area contributed by atoms with Crippen molar-refractivity contribution < 1.29 is 17.5 Å². The van der Waals surface area contributed by atoms with E-state index in [9.17, 15) is 12.8 Å². The summed E-state index contributed by atoms with van der Waals surface area (Å²) in [6.45, 7) is 2.72. The van der Waals surface area contributed by atoms with Crippen LogP contribution in [0.4, 0.5) is 4.39 Å². The molecule has 6 heteroatoms. The molecular weight excluding hydrogens is 317 g/mol. The second-order valence-corrected chi connectivity index (χ2v) is 7.11. The van der Waals surface area contributed by atoms with Crippen molar-refractivity contribution in [3.63, 3.8) is 0 Å². The molecule has 23 heavy (non-hydrogen) atoms. The summed E-state index contributed by atoms with van der Waals surface area (Å²) in [5.41, 5.74) is 1.66. The average Bonchev–Trinajstić information content (AvgIpc) is 2.49. The van der Waals surface area contributed by atoms with Crippen molar-refractivity contribution >= 4 is 10.0 Å². The molecule has 0 unspecified atom stereocenters. The highest BCUT2D eigenvalue weighted by atomic mass is 32.2.